The molecule has 0 radical (unpaired) electrons. The van der Waals surface area contributed by atoms with Crippen LogP contribution >= 0.6 is 27.3 Å². The van der Waals surface area contributed by atoms with Crippen LogP contribution in [-0.4, -0.2) is 30.3 Å². The van der Waals surface area contributed by atoms with Gasteiger partial charge in [-0.3, -0.25) is 4.79 Å². The minimum Gasteiger partial charge on any atom is -0.495 e. The van der Waals surface area contributed by atoms with Crippen molar-refractivity contribution in [3.8, 4) is 5.75 Å². The summed E-state index contributed by atoms with van der Waals surface area (Å²) in [5.74, 6) is 0.521. The summed E-state index contributed by atoms with van der Waals surface area (Å²) >= 11 is 4.68. The van der Waals surface area contributed by atoms with Crippen molar-refractivity contribution in [1.29, 1.82) is 0 Å². The van der Waals surface area contributed by atoms with Crippen LogP contribution in [0.25, 0.3) is 0 Å². The second-order valence-corrected chi connectivity index (χ2v) is 6.66. The van der Waals surface area contributed by atoms with Crippen LogP contribution in [0.2, 0.25) is 0 Å². The van der Waals surface area contributed by atoms with E-state index in [0.29, 0.717) is 17.0 Å². The molecule has 4 nitrogen and oxygen atoms in total. The molecule has 0 aromatic carbocycles. The summed E-state index contributed by atoms with van der Waals surface area (Å²) < 4.78 is 5.92. The van der Waals surface area contributed by atoms with Crippen molar-refractivity contribution in [2.75, 3.05) is 13.7 Å². The molecule has 1 aromatic rings. The number of hydrogen-bond donors (Lipinski definition) is 2. The largest absolute Gasteiger partial charge is 0.495 e. The van der Waals surface area contributed by atoms with Gasteiger partial charge in [0.1, 0.15) is 9.54 Å². The first-order valence-corrected chi connectivity index (χ1v) is 7.33. The van der Waals surface area contributed by atoms with Gasteiger partial charge in [0.25, 0.3) is 5.91 Å². The van der Waals surface area contributed by atoms with Crippen molar-refractivity contribution < 1.29 is 14.6 Å². The maximum absolute atomic E-state index is 12.1. The molecule has 2 N–H and O–H groups in total. The van der Waals surface area contributed by atoms with Gasteiger partial charge in [-0.25, -0.2) is 0 Å². The van der Waals surface area contributed by atoms with E-state index in [2.05, 4.69) is 21.2 Å². The van der Waals surface area contributed by atoms with Crippen molar-refractivity contribution in [2.24, 2.45) is 0 Å². The van der Waals surface area contributed by atoms with Gasteiger partial charge in [-0.15, -0.1) is 11.3 Å². The van der Waals surface area contributed by atoms with Gasteiger partial charge in [-0.2, -0.15) is 0 Å². The number of methoxy groups -OCH3 is 1. The molecule has 1 rings (SSSR count). The fourth-order valence-corrected chi connectivity index (χ4v) is 3.06. The monoisotopic (exact) mass is 335 g/mol. The second-order valence-electron chi connectivity index (χ2n) is 4.29. The molecule has 0 aliphatic heterocycles. The third-order valence-electron chi connectivity index (χ3n) is 2.96. The number of thiophene rings is 1. The smallest absolute Gasteiger partial charge is 0.261 e. The summed E-state index contributed by atoms with van der Waals surface area (Å²) in [4.78, 5) is 12.7. The molecule has 1 amide bonds. The van der Waals surface area contributed by atoms with Crippen molar-refractivity contribution in [3.05, 3.63) is 14.7 Å². The van der Waals surface area contributed by atoms with E-state index >= 15 is 0 Å². The molecule has 6 heteroatoms. The molecule has 0 saturated carbocycles. The fraction of sp³-hybridized carbons (Fsp3) is 0.583. The minimum absolute atomic E-state index is 0.0576. The molecule has 0 saturated heterocycles. The molecule has 0 fully saturated rings. The van der Waals surface area contributed by atoms with Crippen LogP contribution in [0.1, 0.15) is 36.4 Å². The van der Waals surface area contributed by atoms with E-state index < -0.39 is 0 Å². The maximum atomic E-state index is 12.1. The van der Waals surface area contributed by atoms with Gasteiger partial charge in [0.15, 0.2) is 0 Å². The number of carbonyl (C=O) groups is 1. The Labute approximate surface area is 119 Å². The molecular weight excluding hydrogens is 318 g/mol. The molecule has 0 spiro atoms. The summed E-state index contributed by atoms with van der Waals surface area (Å²) in [5.41, 5.74) is -0.379. The maximum Gasteiger partial charge on any atom is 0.261 e. The van der Waals surface area contributed by atoms with Crippen LogP contribution < -0.4 is 10.1 Å². The fourth-order valence-electron chi connectivity index (χ4n) is 1.51. The lowest BCUT2D eigenvalue weighted by molar-refractivity contribution is 0.0890. The standard InChI is InChI=1S/C12H18BrNO3S/c1-4-12(2,5-6-15)14-11(16)9-7-8(17-3)10(13)18-9/h7,15H,4-6H2,1-3H3,(H,14,16). The van der Waals surface area contributed by atoms with Crippen LogP contribution in [0.3, 0.4) is 0 Å². The molecule has 1 heterocycles. The third kappa shape index (κ3) is 3.70. The summed E-state index contributed by atoms with van der Waals surface area (Å²) in [5, 5.41) is 12.0. The van der Waals surface area contributed by atoms with Gasteiger partial charge in [0.05, 0.1) is 12.0 Å². The van der Waals surface area contributed by atoms with Crippen LogP contribution in [0, 0.1) is 0 Å². The van der Waals surface area contributed by atoms with Gasteiger partial charge in [-0.1, -0.05) is 6.92 Å². The average Bonchev–Trinajstić information content (AvgIpc) is 2.71. The first kappa shape index (κ1) is 15.5. The topological polar surface area (TPSA) is 58.6 Å². The summed E-state index contributed by atoms with van der Waals surface area (Å²) in [6.45, 7) is 3.98. The summed E-state index contributed by atoms with van der Waals surface area (Å²) in [6, 6.07) is 1.71. The number of rotatable bonds is 6. The van der Waals surface area contributed by atoms with E-state index in [4.69, 9.17) is 9.84 Å². The second kappa shape index (κ2) is 6.54. The number of aliphatic hydroxyl groups is 1. The van der Waals surface area contributed by atoms with Gasteiger partial charge in [0, 0.05) is 18.2 Å². The Morgan fingerprint density at radius 2 is 2.33 bits per heavy atom. The van der Waals surface area contributed by atoms with E-state index in [1.165, 1.54) is 11.3 Å². The first-order chi connectivity index (χ1) is 8.45. The summed E-state index contributed by atoms with van der Waals surface area (Å²) in [7, 11) is 1.57. The van der Waals surface area contributed by atoms with Gasteiger partial charge in [0.2, 0.25) is 0 Å². The van der Waals surface area contributed by atoms with E-state index in [1.807, 2.05) is 13.8 Å². The SMILES string of the molecule is CCC(C)(CCO)NC(=O)c1cc(OC)c(Br)s1. The first-order valence-electron chi connectivity index (χ1n) is 5.72. The highest BCUT2D eigenvalue weighted by molar-refractivity contribution is 9.11. The number of halogens is 1. The summed E-state index contributed by atoms with van der Waals surface area (Å²) in [6.07, 6.45) is 1.31. The molecule has 0 aliphatic rings. The van der Waals surface area contributed by atoms with Crippen LogP contribution in [0.5, 0.6) is 5.75 Å². The zero-order chi connectivity index (χ0) is 13.8. The molecule has 1 aromatic heterocycles. The number of nitrogens with one attached hydrogen (secondary N) is 1. The van der Waals surface area contributed by atoms with E-state index in [0.717, 1.165) is 10.2 Å². The van der Waals surface area contributed by atoms with Crippen LogP contribution in [0.15, 0.2) is 9.85 Å². The highest BCUT2D eigenvalue weighted by Gasteiger charge is 2.25. The molecular formula is C12H18BrNO3S. The van der Waals surface area contributed by atoms with Gasteiger partial charge >= 0.3 is 0 Å². The predicted molar refractivity (Wildman–Crippen MR) is 76.4 cm³/mol. The van der Waals surface area contributed by atoms with Crippen LogP contribution in [0.4, 0.5) is 0 Å². The van der Waals surface area contributed by atoms with E-state index in [1.54, 1.807) is 13.2 Å². The molecule has 0 aliphatic carbocycles. The Morgan fingerprint density at radius 1 is 1.67 bits per heavy atom. The molecule has 0 bridgehead atoms. The van der Waals surface area contributed by atoms with E-state index in [9.17, 15) is 4.79 Å². The average molecular weight is 336 g/mol. The number of hydrogen-bond acceptors (Lipinski definition) is 4. The molecule has 18 heavy (non-hydrogen) atoms. The zero-order valence-electron chi connectivity index (χ0n) is 10.7. The number of carbonyl (C=O) groups excluding carboxylic acids is 1. The van der Waals surface area contributed by atoms with E-state index in [-0.39, 0.29) is 18.1 Å². The Kier molecular flexibility index (Phi) is 5.62. The lowest BCUT2D eigenvalue weighted by Gasteiger charge is -2.28. The lowest BCUT2D eigenvalue weighted by atomic mass is 9.95. The van der Waals surface area contributed by atoms with Crippen molar-refractivity contribution in [2.45, 2.75) is 32.2 Å². The van der Waals surface area contributed by atoms with Crippen molar-refractivity contribution in [3.63, 3.8) is 0 Å². The number of ether oxygens (including phenoxy) is 1. The zero-order valence-corrected chi connectivity index (χ0v) is 13.2. The number of aliphatic hydroxyl groups excluding tert-OH is 1. The van der Waals surface area contributed by atoms with Crippen molar-refractivity contribution >= 4 is 33.2 Å². The minimum atomic E-state index is -0.379. The quantitative estimate of drug-likeness (QED) is 0.840. The van der Waals surface area contributed by atoms with Gasteiger partial charge < -0.3 is 15.2 Å². The molecule has 102 valence electrons. The highest BCUT2D eigenvalue weighted by atomic mass is 79.9. The Hall–Kier alpha value is -0.590. The normalized spacial score (nSPS) is 14.1. The third-order valence-corrected chi connectivity index (χ3v) is 4.74. The Bertz CT molecular complexity index is 421. The Balaban J connectivity index is 2.80. The molecule has 1 atom stereocenters. The Morgan fingerprint density at radius 3 is 2.78 bits per heavy atom. The number of amides is 1. The molecule has 1 unspecified atom stereocenters. The highest BCUT2D eigenvalue weighted by Crippen LogP contribution is 2.34. The van der Waals surface area contributed by atoms with Crippen LogP contribution in [-0.2, 0) is 0 Å². The van der Waals surface area contributed by atoms with Crippen molar-refractivity contribution in [1.82, 2.24) is 5.32 Å². The van der Waals surface area contributed by atoms with Gasteiger partial charge in [-0.05, 0) is 35.7 Å². The lowest BCUT2D eigenvalue weighted by Crippen LogP contribution is -2.45. The predicted octanol–water partition coefficient (Wildman–Crippen LogP) is 2.80.